The number of aliphatic hydroxyl groups is 4. The fourth-order valence-electron chi connectivity index (χ4n) is 2.46. The van der Waals surface area contributed by atoms with Crippen LogP contribution in [0.3, 0.4) is 0 Å². The van der Waals surface area contributed by atoms with E-state index in [9.17, 15) is 34.8 Å². The Morgan fingerprint density at radius 2 is 1.92 bits per heavy atom. The second-order valence-electron chi connectivity index (χ2n) is 5.47. The molecule has 0 aromatic rings. The van der Waals surface area contributed by atoms with Crippen LogP contribution in [0.15, 0.2) is 0 Å². The van der Waals surface area contributed by atoms with Crippen molar-refractivity contribution in [3.8, 4) is 0 Å². The van der Waals surface area contributed by atoms with Gasteiger partial charge in [-0.25, -0.2) is 4.79 Å². The maximum atomic E-state index is 11.5. The summed E-state index contributed by atoms with van der Waals surface area (Å²) in [5.74, 6) is -5.98. The monoisotopic (exact) mass is 351 g/mol. The lowest BCUT2D eigenvalue weighted by Gasteiger charge is -2.45. The van der Waals surface area contributed by atoms with Gasteiger partial charge < -0.3 is 40.3 Å². The number of carboxylic acid groups (broad SMARTS) is 1. The Morgan fingerprint density at radius 1 is 1.33 bits per heavy atom. The molecule has 0 spiro atoms. The van der Waals surface area contributed by atoms with Crippen LogP contribution in [0, 0.1) is 0 Å². The molecule has 0 bridgehead atoms. The molecule has 1 heterocycles. The molecule has 1 aliphatic heterocycles. The zero-order valence-electron chi connectivity index (χ0n) is 13.1. The smallest absolute Gasteiger partial charge is 0.377 e. The van der Waals surface area contributed by atoms with Gasteiger partial charge in [-0.15, -0.1) is 0 Å². The van der Waals surface area contributed by atoms with E-state index >= 15 is 0 Å². The van der Waals surface area contributed by atoms with Crippen molar-refractivity contribution in [2.75, 3.05) is 6.61 Å². The van der Waals surface area contributed by atoms with Crippen LogP contribution in [0.2, 0.25) is 0 Å². The highest BCUT2D eigenvalue weighted by Crippen LogP contribution is 2.33. The van der Waals surface area contributed by atoms with Crippen molar-refractivity contribution in [2.24, 2.45) is 0 Å². The number of rotatable bonds is 6. The maximum Gasteiger partial charge on any atom is 0.377 e. The topological polar surface area (TPSA) is 183 Å². The molecule has 11 nitrogen and oxygen atoms in total. The SMILES string of the molecule is CC(=O)N[C@@H]1[C@H]([C@H](O)[C@H](O)CO)O[C@@](OC(C)=O)(C(=O)O)C[C@H]1O. The van der Waals surface area contributed by atoms with E-state index in [2.05, 4.69) is 10.1 Å². The summed E-state index contributed by atoms with van der Waals surface area (Å²) >= 11 is 0. The average molecular weight is 351 g/mol. The van der Waals surface area contributed by atoms with E-state index in [0.29, 0.717) is 0 Å². The number of aliphatic carboxylic acids is 1. The number of carboxylic acids is 1. The molecule has 1 aliphatic rings. The van der Waals surface area contributed by atoms with Crippen molar-refractivity contribution in [2.45, 2.75) is 56.5 Å². The Balaban J connectivity index is 3.24. The summed E-state index contributed by atoms with van der Waals surface area (Å²) in [7, 11) is 0. The Labute approximate surface area is 136 Å². The molecule has 1 saturated heterocycles. The van der Waals surface area contributed by atoms with Crippen molar-refractivity contribution in [3.05, 3.63) is 0 Å². The Kier molecular flexibility index (Phi) is 6.63. The molecule has 138 valence electrons. The van der Waals surface area contributed by atoms with E-state index in [0.717, 1.165) is 13.8 Å². The van der Waals surface area contributed by atoms with Crippen molar-refractivity contribution in [1.82, 2.24) is 5.32 Å². The molecule has 1 rings (SSSR count). The van der Waals surface area contributed by atoms with Crippen LogP contribution in [0.5, 0.6) is 0 Å². The summed E-state index contributed by atoms with van der Waals surface area (Å²) in [6.45, 7) is 1.15. The number of esters is 1. The minimum absolute atomic E-state index is 0.617. The van der Waals surface area contributed by atoms with E-state index in [1.807, 2.05) is 0 Å². The van der Waals surface area contributed by atoms with E-state index < -0.39 is 67.1 Å². The predicted molar refractivity (Wildman–Crippen MR) is 74.3 cm³/mol. The first-order chi connectivity index (χ1) is 11.0. The molecule has 6 N–H and O–H groups in total. The van der Waals surface area contributed by atoms with Gasteiger partial charge in [-0.2, -0.15) is 0 Å². The highest BCUT2D eigenvalue weighted by molar-refractivity contribution is 5.80. The van der Waals surface area contributed by atoms with Gasteiger partial charge in [0.15, 0.2) is 0 Å². The lowest BCUT2D eigenvalue weighted by molar-refractivity contribution is -0.300. The number of amides is 1. The molecule has 0 aromatic carbocycles. The molecule has 0 saturated carbocycles. The zero-order chi connectivity index (χ0) is 18.7. The molecule has 11 heteroatoms. The third kappa shape index (κ3) is 4.39. The third-order valence-corrected chi connectivity index (χ3v) is 3.50. The summed E-state index contributed by atoms with van der Waals surface area (Å²) in [6, 6.07) is -1.30. The van der Waals surface area contributed by atoms with Crippen LogP contribution in [0.4, 0.5) is 0 Å². The fraction of sp³-hybridized carbons (Fsp3) is 0.769. The Bertz CT molecular complexity index is 497. The van der Waals surface area contributed by atoms with Crippen molar-refractivity contribution < 1.29 is 49.4 Å². The van der Waals surface area contributed by atoms with Gasteiger partial charge in [0.25, 0.3) is 0 Å². The number of ether oxygens (including phenoxy) is 2. The summed E-state index contributed by atoms with van der Waals surface area (Å²) in [4.78, 5) is 34.0. The first-order valence-corrected chi connectivity index (χ1v) is 7.07. The van der Waals surface area contributed by atoms with Gasteiger partial charge in [-0.3, -0.25) is 9.59 Å². The van der Waals surface area contributed by atoms with Crippen LogP contribution in [-0.2, 0) is 23.9 Å². The van der Waals surface area contributed by atoms with Crippen molar-refractivity contribution in [1.29, 1.82) is 0 Å². The second-order valence-corrected chi connectivity index (χ2v) is 5.47. The lowest BCUT2D eigenvalue weighted by Crippen LogP contribution is -2.68. The molecular weight excluding hydrogens is 330 g/mol. The van der Waals surface area contributed by atoms with E-state index in [4.69, 9.17) is 9.84 Å². The minimum atomic E-state index is -2.61. The quantitative estimate of drug-likeness (QED) is 0.265. The largest absolute Gasteiger partial charge is 0.476 e. The number of hydrogen-bond acceptors (Lipinski definition) is 9. The molecule has 24 heavy (non-hydrogen) atoms. The normalized spacial score (nSPS) is 32.5. The lowest BCUT2D eigenvalue weighted by atomic mass is 9.88. The first kappa shape index (κ1) is 20.3. The molecule has 0 radical (unpaired) electrons. The van der Waals surface area contributed by atoms with E-state index in [1.165, 1.54) is 0 Å². The van der Waals surface area contributed by atoms with E-state index in [-0.39, 0.29) is 0 Å². The molecule has 0 unspecified atom stereocenters. The van der Waals surface area contributed by atoms with Gasteiger partial charge in [0.1, 0.15) is 18.3 Å². The molecule has 0 aromatic heterocycles. The molecule has 6 atom stereocenters. The van der Waals surface area contributed by atoms with Crippen LogP contribution in [-0.4, -0.2) is 86.2 Å². The van der Waals surface area contributed by atoms with Crippen molar-refractivity contribution >= 4 is 17.8 Å². The molecule has 1 amide bonds. The molecule has 0 aliphatic carbocycles. The third-order valence-electron chi connectivity index (χ3n) is 3.50. The maximum absolute atomic E-state index is 11.5. The summed E-state index contributed by atoms with van der Waals surface area (Å²) in [5, 5.41) is 50.4. The number of carbonyl (C=O) groups excluding carboxylic acids is 2. The number of nitrogens with one attached hydrogen (secondary N) is 1. The molecular formula is C13H21NO10. The first-order valence-electron chi connectivity index (χ1n) is 7.07. The zero-order valence-corrected chi connectivity index (χ0v) is 13.1. The molecule has 1 fully saturated rings. The van der Waals surface area contributed by atoms with Gasteiger partial charge in [-0.1, -0.05) is 0 Å². The van der Waals surface area contributed by atoms with Gasteiger partial charge in [0, 0.05) is 13.8 Å². The minimum Gasteiger partial charge on any atom is -0.476 e. The highest BCUT2D eigenvalue weighted by atomic mass is 16.7. The van der Waals surface area contributed by atoms with Gasteiger partial charge in [0.2, 0.25) is 5.91 Å². The fourth-order valence-corrected chi connectivity index (χ4v) is 2.46. The van der Waals surface area contributed by atoms with Crippen LogP contribution >= 0.6 is 0 Å². The van der Waals surface area contributed by atoms with Crippen LogP contribution in [0.25, 0.3) is 0 Å². The van der Waals surface area contributed by atoms with Crippen LogP contribution < -0.4 is 5.32 Å². The van der Waals surface area contributed by atoms with E-state index in [1.54, 1.807) is 0 Å². The Hall–Kier alpha value is -1.79. The predicted octanol–water partition coefficient (Wildman–Crippen LogP) is -3.30. The number of aliphatic hydroxyl groups excluding tert-OH is 4. The number of carbonyl (C=O) groups is 3. The van der Waals surface area contributed by atoms with Gasteiger partial charge in [-0.05, 0) is 0 Å². The highest BCUT2D eigenvalue weighted by Gasteiger charge is 2.57. The Morgan fingerprint density at radius 3 is 2.33 bits per heavy atom. The standard InChI is InChI=1S/C13H21NO10/c1-5(16)14-9-7(18)3-13(12(21)22,23-6(2)17)24-11(9)10(20)8(19)4-15/h7-11,15,18-20H,3-4H2,1-2H3,(H,14,16)(H,21,22)/t7-,8-,9+,10-,11-,13-/m1/s1. The summed E-state index contributed by atoms with van der Waals surface area (Å²) < 4.78 is 9.85. The van der Waals surface area contributed by atoms with Crippen LogP contribution in [0.1, 0.15) is 20.3 Å². The summed E-state index contributed by atoms with van der Waals surface area (Å²) in [5.41, 5.74) is 0. The van der Waals surface area contributed by atoms with Crippen molar-refractivity contribution in [3.63, 3.8) is 0 Å². The van der Waals surface area contributed by atoms with Gasteiger partial charge in [0.05, 0.1) is 25.2 Å². The summed E-state index contributed by atoms with van der Waals surface area (Å²) in [6.07, 6.45) is -7.60. The average Bonchev–Trinajstić information content (AvgIpc) is 2.47. The van der Waals surface area contributed by atoms with Gasteiger partial charge >= 0.3 is 17.7 Å². The number of hydrogen-bond donors (Lipinski definition) is 6. The second kappa shape index (κ2) is 7.85.